The quantitative estimate of drug-likeness (QED) is 0.719. The molecule has 1 rings (SSSR count). The number of hydrogen-bond donors (Lipinski definition) is 3. The summed E-state index contributed by atoms with van der Waals surface area (Å²) in [5, 5.41) is 27.1. The summed E-state index contributed by atoms with van der Waals surface area (Å²) < 4.78 is 38.0. The minimum Gasteiger partial charge on any atom is -0.507 e. The topological polar surface area (TPSA) is 64.3 Å². The van der Waals surface area contributed by atoms with Crippen molar-refractivity contribution < 1.29 is 23.4 Å². The molecule has 112 valence electrons. The van der Waals surface area contributed by atoms with E-state index < -0.39 is 23.2 Å². The monoisotopic (exact) mass is 289 g/mol. The van der Waals surface area contributed by atoms with Crippen molar-refractivity contribution in [2.45, 2.75) is 45.7 Å². The maximum absolute atomic E-state index is 12.7. The lowest BCUT2D eigenvalue weighted by atomic mass is 9.94. The highest BCUT2D eigenvalue weighted by Gasteiger charge is 2.37. The van der Waals surface area contributed by atoms with Crippen LogP contribution < -0.4 is 0 Å². The predicted octanol–water partition coefficient (Wildman–Crippen LogP) is 3.93. The van der Waals surface area contributed by atoms with Crippen molar-refractivity contribution in [2.75, 3.05) is 0 Å². The van der Waals surface area contributed by atoms with Gasteiger partial charge in [-0.3, -0.25) is 5.41 Å². The summed E-state index contributed by atoms with van der Waals surface area (Å²) in [5.41, 5.74) is -1.74. The molecule has 0 heterocycles. The molecule has 6 heteroatoms. The Labute approximate surface area is 115 Å². The molecule has 0 atom stereocenters. The maximum Gasteiger partial charge on any atom is 0.433 e. The summed E-state index contributed by atoms with van der Waals surface area (Å²) in [6.45, 7) is 3.63. The molecule has 0 unspecified atom stereocenters. The summed E-state index contributed by atoms with van der Waals surface area (Å²) in [4.78, 5) is 0. The average molecular weight is 289 g/mol. The fourth-order valence-electron chi connectivity index (χ4n) is 2.07. The van der Waals surface area contributed by atoms with Gasteiger partial charge in [-0.05, 0) is 24.5 Å². The number of aryl methyl sites for hydroxylation is 1. The first-order valence-corrected chi connectivity index (χ1v) is 6.46. The van der Waals surface area contributed by atoms with E-state index in [1.165, 1.54) is 0 Å². The molecule has 0 radical (unpaired) electrons. The van der Waals surface area contributed by atoms with Crippen LogP contribution in [-0.2, 0) is 12.8 Å². The van der Waals surface area contributed by atoms with Gasteiger partial charge in [-0.1, -0.05) is 26.7 Å². The van der Waals surface area contributed by atoms with Crippen LogP contribution in [0.15, 0.2) is 6.07 Å². The van der Waals surface area contributed by atoms with Crippen LogP contribution >= 0.6 is 0 Å². The van der Waals surface area contributed by atoms with Crippen LogP contribution in [0.5, 0.6) is 11.5 Å². The van der Waals surface area contributed by atoms with Gasteiger partial charge >= 0.3 is 6.18 Å². The molecule has 0 amide bonds. The Bertz CT molecular complexity index is 510. The van der Waals surface area contributed by atoms with Gasteiger partial charge in [0.2, 0.25) is 0 Å². The van der Waals surface area contributed by atoms with Gasteiger partial charge in [0.1, 0.15) is 17.2 Å². The lowest BCUT2D eigenvalue weighted by Crippen LogP contribution is -2.23. The predicted molar refractivity (Wildman–Crippen MR) is 70.6 cm³/mol. The Hall–Kier alpha value is -1.72. The second-order valence-electron chi connectivity index (χ2n) is 4.63. The summed E-state index contributed by atoms with van der Waals surface area (Å²) in [6, 6.07) is 1.06. The van der Waals surface area contributed by atoms with Crippen LogP contribution in [0.2, 0.25) is 0 Å². The Balaban J connectivity index is 3.48. The van der Waals surface area contributed by atoms with Crippen molar-refractivity contribution in [1.29, 1.82) is 5.41 Å². The number of phenolic OH excluding ortho intramolecular Hbond substituents is 2. The van der Waals surface area contributed by atoms with Gasteiger partial charge in [0.15, 0.2) is 0 Å². The van der Waals surface area contributed by atoms with E-state index in [2.05, 4.69) is 0 Å². The largest absolute Gasteiger partial charge is 0.507 e. The van der Waals surface area contributed by atoms with E-state index in [-0.39, 0.29) is 17.7 Å². The van der Waals surface area contributed by atoms with Gasteiger partial charge in [-0.2, -0.15) is 13.2 Å². The van der Waals surface area contributed by atoms with Crippen LogP contribution in [0.25, 0.3) is 0 Å². The zero-order chi connectivity index (χ0) is 15.5. The lowest BCUT2D eigenvalue weighted by Gasteiger charge is -2.17. The van der Waals surface area contributed by atoms with E-state index in [0.29, 0.717) is 24.8 Å². The summed E-state index contributed by atoms with van der Waals surface area (Å²) in [5.74, 6) is -0.809. The number of benzene rings is 1. The minimum atomic E-state index is -4.83. The second-order valence-corrected chi connectivity index (χ2v) is 4.63. The summed E-state index contributed by atoms with van der Waals surface area (Å²) in [6.07, 6.45) is -2.98. The van der Waals surface area contributed by atoms with E-state index in [1.807, 2.05) is 6.92 Å². The molecule has 1 aromatic carbocycles. The number of aromatic hydroxyl groups is 2. The first kappa shape index (κ1) is 16.3. The van der Waals surface area contributed by atoms with Crippen LogP contribution in [-0.4, -0.2) is 22.1 Å². The van der Waals surface area contributed by atoms with Crippen LogP contribution in [0.3, 0.4) is 0 Å². The molecule has 0 aromatic heterocycles. The number of rotatable bonds is 5. The van der Waals surface area contributed by atoms with Crippen LogP contribution in [0.4, 0.5) is 13.2 Å². The van der Waals surface area contributed by atoms with Crippen LogP contribution in [0.1, 0.15) is 43.4 Å². The van der Waals surface area contributed by atoms with E-state index in [4.69, 9.17) is 5.41 Å². The highest BCUT2D eigenvalue weighted by Crippen LogP contribution is 2.38. The molecule has 0 aliphatic rings. The normalized spacial score (nSPS) is 11.7. The molecular formula is C14H18F3NO2. The zero-order valence-electron chi connectivity index (χ0n) is 11.4. The third kappa shape index (κ3) is 3.23. The Morgan fingerprint density at radius 3 is 2.10 bits per heavy atom. The van der Waals surface area contributed by atoms with Crippen molar-refractivity contribution in [3.8, 4) is 11.5 Å². The zero-order valence-corrected chi connectivity index (χ0v) is 11.4. The molecule has 0 saturated heterocycles. The number of halogens is 3. The van der Waals surface area contributed by atoms with E-state index in [9.17, 15) is 23.4 Å². The molecule has 0 fully saturated rings. The molecule has 3 nitrogen and oxygen atoms in total. The smallest absolute Gasteiger partial charge is 0.433 e. The average Bonchev–Trinajstić information content (AvgIpc) is 2.36. The summed E-state index contributed by atoms with van der Waals surface area (Å²) in [7, 11) is 0. The molecule has 0 saturated carbocycles. The fourth-order valence-corrected chi connectivity index (χ4v) is 2.07. The van der Waals surface area contributed by atoms with Gasteiger partial charge in [-0.15, -0.1) is 0 Å². The van der Waals surface area contributed by atoms with Crippen molar-refractivity contribution in [3.63, 3.8) is 0 Å². The van der Waals surface area contributed by atoms with Crippen molar-refractivity contribution in [1.82, 2.24) is 0 Å². The molecule has 0 aliphatic heterocycles. The first-order chi connectivity index (χ1) is 9.23. The van der Waals surface area contributed by atoms with Gasteiger partial charge in [0.25, 0.3) is 0 Å². The van der Waals surface area contributed by atoms with Crippen molar-refractivity contribution in [3.05, 3.63) is 22.8 Å². The Morgan fingerprint density at radius 2 is 1.65 bits per heavy atom. The molecule has 0 aliphatic carbocycles. The number of hydrogen-bond acceptors (Lipinski definition) is 3. The molecule has 3 N–H and O–H groups in total. The standard InChI is InChI=1S/C14H18F3NO2/c1-3-5-8-7-10(13(18)14(15,16)17)12(20)9(6-4-2)11(8)19/h7,18-20H,3-6H2,1-2H3. The maximum atomic E-state index is 12.7. The molecular weight excluding hydrogens is 271 g/mol. The lowest BCUT2D eigenvalue weighted by molar-refractivity contribution is -0.0588. The highest BCUT2D eigenvalue weighted by atomic mass is 19.4. The molecule has 0 bridgehead atoms. The van der Waals surface area contributed by atoms with E-state index >= 15 is 0 Å². The highest BCUT2D eigenvalue weighted by molar-refractivity contribution is 6.05. The SMILES string of the molecule is CCCc1cc(C(=N)C(F)(F)F)c(O)c(CCC)c1O. The third-order valence-corrected chi connectivity index (χ3v) is 3.02. The third-order valence-electron chi connectivity index (χ3n) is 3.02. The van der Waals surface area contributed by atoms with Gasteiger partial charge < -0.3 is 10.2 Å². The Kier molecular flexibility index (Phi) is 5.03. The number of phenols is 2. The van der Waals surface area contributed by atoms with Crippen molar-refractivity contribution >= 4 is 5.71 Å². The van der Waals surface area contributed by atoms with Gasteiger partial charge in [0, 0.05) is 11.1 Å². The Morgan fingerprint density at radius 1 is 1.10 bits per heavy atom. The van der Waals surface area contributed by atoms with Crippen LogP contribution in [0, 0.1) is 5.41 Å². The first-order valence-electron chi connectivity index (χ1n) is 6.46. The van der Waals surface area contributed by atoms with E-state index in [1.54, 1.807) is 6.92 Å². The number of alkyl halides is 3. The van der Waals surface area contributed by atoms with Gasteiger partial charge in [-0.25, -0.2) is 0 Å². The summed E-state index contributed by atoms with van der Waals surface area (Å²) >= 11 is 0. The second kappa shape index (κ2) is 6.15. The van der Waals surface area contributed by atoms with Gasteiger partial charge in [0.05, 0.1) is 0 Å². The minimum absolute atomic E-state index is 0.0856. The van der Waals surface area contributed by atoms with Crippen molar-refractivity contribution in [2.24, 2.45) is 0 Å². The molecule has 20 heavy (non-hydrogen) atoms. The molecule has 0 spiro atoms. The number of nitrogens with one attached hydrogen (secondary N) is 1. The van der Waals surface area contributed by atoms with E-state index in [0.717, 1.165) is 6.07 Å². The fraction of sp³-hybridized carbons (Fsp3) is 0.500. The molecule has 1 aromatic rings.